The molecule has 38 heavy (non-hydrogen) atoms. The van der Waals surface area contributed by atoms with E-state index < -0.39 is 40.7 Å². The standard InChI is InChI=1S/C28H20BrN3O6/c1-38-21-11-6-16(14-20(21)29)26(33)25-23-22(24-19-5-3-2-4-15(19)12-13-30(24)25)27(34)31(28(23)35)17-7-9-18(10-8-17)32(36)37/h2-14,22-25H,1H3/t22-,23-,24+,25-/m0/s1. The third-order valence-electron chi connectivity index (χ3n) is 7.49. The van der Waals surface area contributed by atoms with Gasteiger partial charge in [0.15, 0.2) is 5.78 Å². The van der Waals surface area contributed by atoms with Crippen molar-refractivity contribution >= 4 is 51.0 Å². The molecule has 0 spiro atoms. The molecule has 2 amide bonds. The number of methoxy groups -OCH3 is 1. The molecule has 3 aliphatic heterocycles. The van der Waals surface area contributed by atoms with Gasteiger partial charge in [0.2, 0.25) is 11.8 Å². The highest BCUT2D eigenvalue weighted by Crippen LogP contribution is 2.53. The van der Waals surface area contributed by atoms with Crippen LogP contribution in [-0.2, 0) is 9.59 Å². The lowest BCUT2D eigenvalue weighted by Crippen LogP contribution is -2.44. The van der Waals surface area contributed by atoms with E-state index in [1.165, 1.54) is 31.4 Å². The molecule has 2 saturated heterocycles. The van der Waals surface area contributed by atoms with Crippen LogP contribution < -0.4 is 9.64 Å². The SMILES string of the molecule is COc1ccc(C(=O)[C@@H]2[C@H]3C(=O)N(c4ccc([N+](=O)[O-])cc4)C(=O)[C@@H]3[C@H]3c4ccccc4C=CN23)cc1Br. The van der Waals surface area contributed by atoms with Crippen molar-refractivity contribution in [1.29, 1.82) is 0 Å². The van der Waals surface area contributed by atoms with Crippen molar-refractivity contribution in [3.8, 4) is 5.75 Å². The number of ketones is 1. The van der Waals surface area contributed by atoms with E-state index in [4.69, 9.17) is 4.74 Å². The zero-order valence-corrected chi connectivity index (χ0v) is 21.6. The van der Waals surface area contributed by atoms with Gasteiger partial charge >= 0.3 is 0 Å². The van der Waals surface area contributed by atoms with Gasteiger partial charge < -0.3 is 9.64 Å². The molecule has 190 valence electrons. The topological polar surface area (TPSA) is 110 Å². The molecule has 3 heterocycles. The number of non-ortho nitro benzene ring substituents is 1. The Kier molecular flexibility index (Phi) is 5.64. The van der Waals surface area contributed by atoms with Crippen LogP contribution in [0.15, 0.2) is 77.4 Å². The third kappa shape index (κ3) is 3.47. The third-order valence-corrected chi connectivity index (χ3v) is 8.10. The van der Waals surface area contributed by atoms with Gasteiger partial charge in [0.25, 0.3) is 5.69 Å². The second-order valence-electron chi connectivity index (χ2n) is 9.33. The highest BCUT2D eigenvalue weighted by molar-refractivity contribution is 9.10. The highest BCUT2D eigenvalue weighted by Gasteiger charge is 2.64. The van der Waals surface area contributed by atoms with Crippen molar-refractivity contribution in [1.82, 2.24) is 4.90 Å². The summed E-state index contributed by atoms with van der Waals surface area (Å²) in [4.78, 5) is 55.3. The number of rotatable bonds is 5. The number of fused-ring (bicyclic) bond motifs is 5. The fourth-order valence-corrected chi connectivity index (χ4v) is 6.37. The van der Waals surface area contributed by atoms with Gasteiger partial charge in [0.05, 0.1) is 40.1 Å². The fraction of sp³-hybridized carbons (Fsp3) is 0.179. The molecule has 0 aromatic heterocycles. The predicted octanol–water partition coefficient (Wildman–Crippen LogP) is 4.76. The maximum absolute atomic E-state index is 14.0. The molecular weight excluding hydrogens is 554 g/mol. The minimum atomic E-state index is -0.938. The summed E-state index contributed by atoms with van der Waals surface area (Å²) in [6.07, 6.45) is 3.68. The lowest BCUT2D eigenvalue weighted by atomic mass is 9.83. The number of hydrogen-bond acceptors (Lipinski definition) is 7. The maximum atomic E-state index is 14.0. The van der Waals surface area contributed by atoms with Gasteiger partial charge in [-0.05, 0) is 63.5 Å². The van der Waals surface area contributed by atoms with Crippen LogP contribution in [0.25, 0.3) is 6.08 Å². The normalized spacial score (nSPS) is 23.2. The summed E-state index contributed by atoms with van der Waals surface area (Å²) >= 11 is 3.43. The molecule has 4 atom stereocenters. The zero-order valence-electron chi connectivity index (χ0n) is 20.0. The molecule has 0 aliphatic carbocycles. The summed E-state index contributed by atoms with van der Waals surface area (Å²) < 4.78 is 5.88. The zero-order chi connectivity index (χ0) is 26.7. The first-order valence-corrected chi connectivity index (χ1v) is 12.7. The molecule has 0 N–H and O–H groups in total. The largest absolute Gasteiger partial charge is 0.496 e. The molecule has 3 aromatic rings. The molecule has 10 heteroatoms. The minimum absolute atomic E-state index is 0.149. The van der Waals surface area contributed by atoms with E-state index in [1.807, 2.05) is 35.2 Å². The van der Waals surface area contributed by atoms with Crippen molar-refractivity contribution in [2.75, 3.05) is 12.0 Å². The van der Waals surface area contributed by atoms with Crippen LogP contribution in [0.4, 0.5) is 11.4 Å². The Labute approximate surface area is 225 Å². The lowest BCUT2D eigenvalue weighted by molar-refractivity contribution is -0.384. The molecule has 3 aliphatic rings. The number of nitro groups is 1. The number of halogens is 1. The fourth-order valence-electron chi connectivity index (χ4n) is 5.83. The van der Waals surface area contributed by atoms with Gasteiger partial charge in [-0.15, -0.1) is 0 Å². The number of benzene rings is 3. The van der Waals surface area contributed by atoms with Crippen LogP contribution in [0, 0.1) is 22.0 Å². The summed E-state index contributed by atoms with van der Waals surface area (Å²) in [6.45, 7) is 0. The van der Waals surface area contributed by atoms with Crippen LogP contribution in [0.1, 0.15) is 27.5 Å². The first-order chi connectivity index (χ1) is 18.3. The van der Waals surface area contributed by atoms with E-state index in [9.17, 15) is 24.5 Å². The monoisotopic (exact) mass is 573 g/mol. The van der Waals surface area contributed by atoms with Crippen LogP contribution in [-0.4, -0.2) is 40.6 Å². The lowest BCUT2D eigenvalue weighted by Gasteiger charge is -2.35. The summed E-state index contributed by atoms with van der Waals surface area (Å²) in [7, 11) is 1.53. The first-order valence-electron chi connectivity index (χ1n) is 11.9. The van der Waals surface area contributed by atoms with E-state index in [2.05, 4.69) is 15.9 Å². The molecular formula is C28H20BrN3O6. The van der Waals surface area contributed by atoms with Crippen molar-refractivity contribution < 1.29 is 24.0 Å². The van der Waals surface area contributed by atoms with E-state index in [1.54, 1.807) is 24.4 Å². The molecule has 0 radical (unpaired) electrons. The maximum Gasteiger partial charge on any atom is 0.269 e. The van der Waals surface area contributed by atoms with Crippen molar-refractivity contribution in [3.63, 3.8) is 0 Å². The average molecular weight is 574 g/mol. The van der Waals surface area contributed by atoms with Gasteiger partial charge in [-0.1, -0.05) is 24.3 Å². The Hall–Kier alpha value is -4.31. The molecule has 3 aromatic carbocycles. The molecule has 6 rings (SSSR count). The van der Waals surface area contributed by atoms with Crippen molar-refractivity contribution in [3.05, 3.63) is 104 Å². The van der Waals surface area contributed by atoms with E-state index in [0.29, 0.717) is 15.8 Å². The number of Topliss-reactive ketones (excluding diaryl/α,β-unsaturated/α-hetero) is 1. The number of imide groups is 1. The van der Waals surface area contributed by atoms with Gasteiger partial charge in [0, 0.05) is 23.9 Å². The second kappa shape index (κ2) is 8.91. The molecule has 0 bridgehead atoms. The van der Waals surface area contributed by atoms with Gasteiger partial charge in [-0.2, -0.15) is 0 Å². The number of hydrogen-bond donors (Lipinski definition) is 0. The van der Waals surface area contributed by atoms with Gasteiger partial charge in [-0.25, -0.2) is 4.90 Å². The van der Waals surface area contributed by atoms with Crippen molar-refractivity contribution in [2.45, 2.75) is 12.1 Å². The second-order valence-corrected chi connectivity index (χ2v) is 10.2. The Bertz CT molecular complexity index is 1550. The van der Waals surface area contributed by atoms with Gasteiger partial charge in [0.1, 0.15) is 11.8 Å². The molecule has 0 saturated carbocycles. The average Bonchev–Trinajstić information content (AvgIpc) is 3.40. The number of nitrogens with zero attached hydrogens (tertiary/aromatic N) is 3. The summed E-state index contributed by atoms with van der Waals surface area (Å²) in [5.41, 5.74) is 2.25. The summed E-state index contributed by atoms with van der Waals surface area (Å²) in [5.74, 6) is -2.40. The Morgan fingerprint density at radius 3 is 2.39 bits per heavy atom. The number of anilines is 1. The summed E-state index contributed by atoms with van der Waals surface area (Å²) in [5, 5.41) is 11.1. The number of carbonyl (C=O) groups is 3. The van der Waals surface area contributed by atoms with Crippen molar-refractivity contribution in [2.24, 2.45) is 11.8 Å². The molecule has 0 unspecified atom stereocenters. The molecule has 2 fully saturated rings. The number of nitro benzene ring substituents is 1. The molecule has 9 nitrogen and oxygen atoms in total. The van der Waals surface area contributed by atoms with Gasteiger partial charge in [-0.3, -0.25) is 24.5 Å². The highest BCUT2D eigenvalue weighted by atomic mass is 79.9. The van der Waals surface area contributed by atoms with E-state index in [-0.39, 0.29) is 17.2 Å². The Morgan fingerprint density at radius 2 is 1.71 bits per heavy atom. The summed E-state index contributed by atoms with van der Waals surface area (Å²) in [6, 6.07) is 16.4. The van der Waals surface area contributed by atoms with E-state index >= 15 is 0 Å². The van der Waals surface area contributed by atoms with Crippen LogP contribution in [0.2, 0.25) is 0 Å². The first kappa shape index (κ1) is 24.1. The van der Waals surface area contributed by atoms with Crippen LogP contribution in [0.3, 0.4) is 0 Å². The predicted molar refractivity (Wildman–Crippen MR) is 141 cm³/mol. The Morgan fingerprint density at radius 1 is 1.00 bits per heavy atom. The van der Waals surface area contributed by atoms with Crippen LogP contribution >= 0.6 is 15.9 Å². The minimum Gasteiger partial charge on any atom is -0.496 e. The van der Waals surface area contributed by atoms with Crippen LogP contribution in [0.5, 0.6) is 5.75 Å². The number of amides is 2. The smallest absolute Gasteiger partial charge is 0.269 e. The number of carbonyl (C=O) groups excluding carboxylic acids is 3. The van der Waals surface area contributed by atoms with E-state index in [0.717, 1.165) is 16.0 Å². The Balaban J connectivity index is 1.46. The quantitative estimate of drug-likeness (QED) is 0.187. The number of ether oxygens (including phenoxy) is 1.